The summed E-state index contributed by atoms with van der Waals surface area (Å²) in [6.45, 7) is 2.92. The van der Waals surface area contributed by atoms with E-state index in [2.05, 4.69) is 10.6 Å². The second-order valence-corrected chi connectivity index (χ2v) is 8.11. The number of carbonyl (C=O) groups is 3. The number of para-hydroxylation sites is 1. The molecule has 3 aromatic rings. The largest absolute Gasteiger partial charge is 0.478 e. The van der Waals surface area contributed by atoms with Crippen LogP contribution >= 0.6 is 0 Å². The summed E-state index contributed by atoms with van der Waals surface area (Å²) in [4.78, 5) is 38.3. The van der Waals surface area contributed by atoms with E-state index in [1.54, 1.807) is 26.0 Å². The lowest BCUT2D eigenvalue weighted by Gasteiger charge is -2.38. The SMILES string of the molecule is CC1(C)Oc2cc(C(=O)O)ccc2N(CC(=O)Nc2ccc(Nc3ccccc3)cc2)C1=O. The van der Waals surface area contributed by atoms with E-state index in [9.17, 15) is 19.5 Å². The molecule has 1 aliphatic rings. The van der Waals surface area contributed by atoms with Crippen LogP contribution in [0, 0.1) is 0 Å². The molecule has 168 valence electrons. The fraction of sp³-hybridized carbons (Fsp3) is 0.160. The van der Waals surface area contributed by atoms with Crippen molar-refractivity contribution in [3.63, 3.8) is 0 Å². The van der Waals surface area contributed by atoms with E-state index in [1.807, 2.05) is 42.5 Å². The van der Waals surface area contributed by atoms with Crippen molar-refractivity contribution in [1.29, 1.82) is 0 Å². The molecule has 0 saturated carbocycles. The van der Waals surface area contributed by atoms with Gasteiger partial charge in [0.2, 0.25) is 5.91 Å². The molecule has 8 nitrogen and oxygen atoms in total. The average molecular weight is 445 g/mol. The summed E-state index contributed by atoms with van der Waals surface area (Å²) in [5.74, 6) is -1.65. The van der Waals surface area contributed by atoms with Gasteiger partial charge in [-0.15, -0.1) is 0 Å². The van der Waals surface area contributed by atoms with E-state index in [-0.39, 0.29) is 17.9 Å². The van der Waals surface area contributed by atoms with Gasteiger partial charge in [-0.3, -0.25) is 14.5 Å². The van der Waals surface area contributed by atoms with E-state index in [4.69, 9.17) is 4.74 Å². The number of aromatic carboxylic acids is 1. The maximum atomic E-state index is 12.9. The van der Waals surface area contributed by atoms with Crippen LogP contribution in [0.25, 0.3) is 0 Å². The monoisotopic (exact) mass is 445 g/mol. The summed E-state index contributed by atoms with van der Waals surface area (Å²) in [6.07, 6.45) is 0. The molecule has 0 aromatic heterocycles. The van der Waals surface area contributed by atoms with Gasteiger partial charge < -0.3 is 20.5 Å². The fourth-order valence-corrected chi connectivity index (χ4v) is 3.53. The van der Waals surface area contributed by atoms with Crippen LogP contribution in [0.1, 0.15) is 24.2 Å². The van der Waals surface area contributed by atoms with Crippen LogP contribution in [0.5, 0.6) is 5.75 Å². The summed E-state index contributed by atoms with van der Waals surface area (Å²) >= 11 is 0. The first kappa shape index (κ1) is 21.9. The molecule has 1 heterocycles. The smallest absolute Gasteiger partial charge is 0.335 e. The highest BCUT2D eigenvalue weighted by atomic mass is 16.5. The number of nitrogens with zero attached hydrogens (tertiary/aromatic N) is 1. The van der Waals surface area contributed by atoms with Gasteiger partial charge in [0.25, 0.3) is 5.91 Å². The van der Waals surface area contributed by atoms with E-state index < -0.39 is 23.4 Å². The Hall–Kier alpha value is -4.33. The van der Waals surface area contributed by atoms with E-state index in [0.717, 1.165) is 11.4 Å². The van der Waals surface area contributed by atoms with Crippen molar-refractivity contribution in [2.75, 3.05) is 22.1 Å². The van der Waals surface area contributed by atoms with Crippen LogP contribution in [0.2, 0.25) is 0 Å². The van der Waals surface area contributed by atoms with E-state index >= 15 is 0 Å². The van der Waals surface area contributed by atoms with Crippen molar-refractivity contribution in [2.45, 2.75) is 19.4 Å². The molecule has 0 saturated heterocycles. The van der Waals surface area contributed by atoms with Gasteiger partial charge in [0, 0.05) is 17.1 Å². The molecule has 0 aliphatic carbocycles. The van der Waals surface area contributed by atoms with E-state index in [0.29, 0.717) is 11.4 Å². The van der Waals surface area contributed by atoms with Crippen molar-refractivity contribution in [3.8, 4) is 5.75 Å². The first-order chi connectivity index (χ1) is 15.7. The number of benzene rings is 3. The lowest BCUT2D eigenvalue weighted by Crippen LogP contribution is -2.54. The Bertz CT molecular complexity index is 1210. The molecule has 2 amide bonds. The Morgan fingerprint density at radius 2 is 1.58 bits per heavy atom. The summed E-state index contributed by atoms with van der Waals surface area (Å²) < 4.78 is 5.72. The highest BCUT2D eigenvalue weighted by Gasteiger charge is 2.41. The highest BCUT2D eigenvalue weighted by molar-refractivity contribution is 6.08. The van der Waals surface area contributed by atoms with Gasteiger partial charge in [-0.1, -0.05) is 18.2 Å². The molecular formula is C25H23N3O5. The standard InChI is InChI=1S/C25H23N3O5/c1-25(2)24(32)28(20-13-8-16(23(30)31)14-21(20)33-25)15-22(29)27-19-11-9-18(10-12-19)26-17-6-4-3-5-7-17/h3-14,26H,15H2,1-2H3,(H,27,29)(H,30,31). The predicted molar refractivity (Wildman–Crippen MR) is 125 cm³/mol. The summed E-state index contributed by atoms with van der Waals surface area (Å²) in [7, 11) is 0. The molecule has 0 fully saturated rings. The number of carboxylic acids is 1. The van der Waals surface area contributed by atoms with Crippen LogP contribution in [-0.2, 0) is 9.59 Å². The molecule has 3 N–H and O–H groups in total. The van der Waals surface area contributed by atoms with Crippen molar-refractivity contribution in [3.05, 3.63) is 78.4 Å². The number of nitrogens with one attached hydrogen (secondary N) is 2. The zero-order chi connectivity index (χ0) is 23.6. The predicted octanol–water partition coefficient (Wildman–Crippen LogP) is 4.27. The first-order valence-corrected chi connectivity index (χ1v) is 10.3. The quantitative estimate of drug-likeness (QED) is 0.523. The Kier molecular flexibility index (Phi) is 5.74. The molecule has 0 bridgehead atoms. The molecule has 3 aromatic carbocycles. The zero-order valence-corrected chi connectivity index (χ0v) is 18.2. The lowest BCUT2D eigenvalue weighted by molar-refractivity contribution is -0.133. The first-order valence-electron chi connectivity index (χ1n) is 10.3. The minimum Gasteiger partial charge on any atom is -0.478 e. The number of fused-ring (bicyclic) bond motifs is 1. The molecule has 4 rings (SSSR count). The summed E-state index contributed by atoms with van der Waals surface area (Å²) in [6, 6.07) is 21.1. The van der Waals surface area contributed by atoms with Gasteiger partial charge in [-0.05, 0) is 68.4 Å². The Balaban J connectivity index is 1.47. The van der Waals surface area contributed by atoms with Crippen LogP contribution in [0.15, 0.2) is 72.8 Å². The molecule has 8 heteroatoms. The number of hydrogen-bond donors (Lipinski definition) is 3. The Morgan fingerprint density at radius 3 is 2.24 bits per heavy atom. The summed E-state index contributed by atoms with van der Waals surface area (Å²) in [5.41, 5.74) is 1.55. The molecule has 0 unspecified atom stereocenters. The Labute approximate surface area is 190 Å². The fourth-order valence-electron chi connectivity index (χ4n) is 3.53. The number of hydrogen-bond acceptors (Lipinski definition) is 5. The van der Waals surface area contributed by atoms with Gasteiger partial charge in [0.05, 0.1) is 11.3 Å². The normalized spacial score (nSPS) is 14.1. The third-order valence-corrected chi connectivity index (χ3v) is 5.16. The van der Waals surface area contributed by atoms with Gasteiger partial charge in [0.1, 0.15) is 12.3 Å². The molecule has 0 radical (unpaired) electrons. The van der Waals surface area contributed by atoms with Gasteiger partial charge in [-0.25, -0.2) is 4.79 Å². The van der Waals surface area contributed by atoms with Gasteiger partial charge in [0.15, 0.2) is 5.60 Å². The maximum absolute atomic E-state index is 12.9. The number of anilines is 4. The number of amides is 2. The molecule has 0 spiro atoms. The second kappa shape index (κ2) is 8.66. The zero-order valence-electron chi connectivity index (χ0n) is 18.2. The lowest BCUT2D eigenvalue weighted by atomic mass is 10.0. The summed E-state index contributed by atoms with van der Waals surface area (Å²) in [5, 5.41) is 15.3. The van der Waals surface area contributed by atoms with E-state index in [1.165, 1.54) is 23.1 Å². The van der Waals surface area contributed by atoms with Crippen LogP contribution in [0.3, 0.4) is 0 Å². The third kappa shape index (κ3) is 4.79. The van der Waals surface area contributed by atoms with Gasteiger partial charge in [-0.2, -0.15) is 0 Å². The van der Waals surface area contributed by atoms with Crippen LogP contribution in [-0.4, -0.2) is 35.0 Å². The maximum Gasteiger partial charge on any atom is 0.335 e. The topological polar surface area (TPSA) is 108 Å². The third-order valence-electron chi connectivity index (χ3n) is 5.16. The van der Waals surface area contributed by atoms with Crippen LogP contribution < -0.4 is 20.3 Å². The molecular weight excluding hydrogens is 422 g/mol. The highest BCUT2D eigenvalue weighted by Crippen LogP contribution is 2.38. The van der Waals surface area contributed by atoms with Crippen LogP contribution in [0.4, 0.5) is 22.7 Å². The molecule has 1 aliphatic heterocycles. The Morgan fingerprint density at radius 1 is 0.939 bits per heavy atom. The number of carbonyl (C=O) groups excluding carboxylic acids is 2. The second-order valence-electron chi connectivity index (χ2n) is 8.11. The van der Waals surface area contributed by atoms with Crippen molar-refractivity contribution in [2.24, 2.45) is 0 Å². The number of ether oxygens (including phenoxy) is 1. The van der Waals surface area contributed by atoms with Crippen molar-refractivity contribution in [1.82, 2.24) is 0 Å². The van der Waals surface area contributed by atoms with Gasteiger partial charge >= 0.3 is 5.97 Å². The van der Waals surface area contributed by atoms with Crippen molar-refractivity contribution < 1.29 is 24.2 Å². The minimum atomic E-state index is -1.24. The van der Waals surface area contributed by atoms with Crippen molar-refractivity contribution >= 4 is 40.5 Å². The number of carboxylic acid groups (broad SMARTS) is 1. The molecule has 0 atom stereocenters. The number of rotatable bonds is 6. The molecule has 33 heavy (non-hydrogen) atoms. The average Bonchev–Trinajstić information content (AvgIpc) is 2.78. The minimum absolute atomic E-state index is 0.0347.